The van der Waals surface area contributed by atoms with Crippen molar-refractivity contribution in [1.29, 1.82) is 0 Å². The van der Waals surface area contributed by atoms with Crippen LogP contribution in [0.3, 0.4) is 0 Å². The molecule has 1 amide bonds. The fourth-order valence-corrected chi connectivity index (χ4v) is 4.09. The van der Waals surface area contributed by atoms with Gasteiger partial charge in [0, 0.05) is 13.1 Å². The Kier molecular flexibility index (Phi) is 4.79. The average Bonchev–Trinajstić information content (AvgIpc) is 3.41. The zero-order chi connectivity index (χ0) is 19.7. The Hall–Kier alpha value is -2.89. The molecule has 1 heterocycles. The molecule has 1 unspecified atom stereocenters. The highest BCUT2D eigenvalue weighted by Gasteiger charge is 2.59. The third kappa shape index (κ3) is 3.59. The number of rotatable bonds is 5. The predicted octanol–water partition coefficient (Wildman–Crippen LogP) is 3.73. The third-order valence-corrected chi connectivity index (χ3v) is 5.96. The molecule has 0 radical (unpaired) electrons. The van der Waals surface area contributed by atoms with Gasteiger partial charge in [0.15, 0.2) is 0 Å². The summed E-state index contributed by atoms with van der Waals surface area (Å²) in [5.74, 6) is -0.887. The quantitative estimate of drug-likeness (QED) is 0.854. The fourth-order valence-electron chi connectivity index (χ4n) is 4.09. The van der Waals surface area contributed by atoms with Crippen LogP contribution < -0.4 is 4.74 Å². The van der Waals surface area contributed by atoms with E-state index in [0.717, 1.165) is 24.8 Å². The minimum Gasteiger partial charge on any atom is -0.488 e. The molecule has 28 heavy (non-hydrogen) atoms. The van der Waals surface area contributed by atoms with E-state index in [4.69, 9.17) is 4.74 Å². The van der Waals surface area contributed by atoms with Crippen molar-refractivity contribution < 1.29 is 23.8 Å². The number of likely N-dealkylation sites (tertiary alicyclic amines) is 1. The van der Waals surface area contributed by atoms with E-state index in [0.29, 0.717) is 24.4 Å². The van der Waals surface area contributed by atoms with Crippen molar-refractivity contribution in [3.8, 4) is 5.75 Å². The molecule has 146 valence electrons. The summed E-state index contributed by atoms with van der Waals surface area (Å²) in [6.45, 7) is 1.37. The minimum absolute atomic E-state index is 0.0999. The number of aliphatic carboxylic acids is 1. The van der Waals surface area contributed by atoms with Gasteiger partial charge >= 0.3 is 5.97 Å². The van der Waals surface area contributed by atoms with Crippen LogP contribution in [0.2, 0.25) is 0 Å². The number of piperidine rings is 1. The lowest BCUT2D eigenvalue weighted by Gasteiger charge is -2.33. The van der Waals surface area contributed by atoms with Crippen molar-refractivity contribution in [2.24, 2.45) is 11.3 Å². The second-order valence-electron chi connectivity index (χ2n) is 7.66. The molecule has 2 aromatic rings. The number of carboxylic acid groups (broad SMARTS) is 1. The van der Waals surface area contributed by atoms with E-state index < -0.39 is 5.97 Å². The Labute approximate surface area is 162 Å². The third-order valence-electron chi connectivity index (χ3n) is 5.96. The maximum atomic E-state index is 13.0. The number of ether oxygens (including phenoxy) is 1. The summed E-state index contributed by atoms with van der Waals surface area (Å²) in [5, 5.41) is 9.21. The lowest BCUT2D eigenvalue weighted by Crippen LogP contribution is -2.40. The Bertz CT molecular complexity index is 888. The van der Waals surface area contributed by atoms with Gasteiger partial charge < -0.3 is 14.7 Å². The second-order valence-corrected chi connectivity index (χ2v) is 7.66. The van der Waals surface area contributed by atoms with Gasteiger partial charge in [-0.15, -0.1) is 0 Å². The van der Waals surface area contributed by atoms with Crippen LogP contribution in [0.15, 0.2) is 48.5 Å². The summed E-state index contributed by atoms with van der Waals surface area (Å²) in [4.78, 5) is 26.0. The first kappa shape index (κ1) is 18.5. The highest BCUT2D eigenvalue weighted by Crippen LogP contribution is 2.59. The van der Waals surface area contributed by atoms with E-state index in [1.807, 2.05) is 6.07 Å². The van der Waals surface area contributed by atoms with Gasteiger partial charge in [0.05, 0.1) is 11.5 Å². The SMILES string of the molecule is O=C(O)C1CC12CCN(C(=O)c1ccccc1OCc1ccc(F)cc1)CC2. The first-order valence-corrected chi connectivity index (χ1v) is 9.47. The number of hydrogen-bond acceptors (Lipinski definition) is 3. The number of carboxylic acids is 1. The molecule has 1 saturated carbocycles. The monoisotopic (exact) mass is 383 g/mol. The van der Waals surface area contributed by atoms with Gasteiger partial charge in [-0.05, 0) is 54.5 Å². The Morgan fingerprint density at radius 1 is 1.11 bits per heavy atom. The summed E-state index contributed by atoms with van der Waals surface area (Å²) in [7, 11) is 0. The van der Waals surface area contributed by atoms with Crippen molar-refractivity contribution >= 4 is 11.9 Å². The van der Waals surface area contributed by atoms with E-state index in [2.05, 4.69) is 0 Å². The van der Waals surface area contributed by atoms with Crippen LogP contribution in [0.5, 0.6) is 5.75 Å². The van der Waals surface area contributed by atoms with E-state index in [9.17, 15) is 19.1 Å². The summed E-state index contributed by atoms with van der Waals surface area (Å²) < 4.78 is 18.9. The van der Waals surface area contributed by atoms with E-state index >= 15 is 0 Å². The zero-order valence-corrected chi connectivity index (χ0v) is 15.4. The molecule has 1 atom stereocenters. The number of carbonyl (C=O) groups excluding carboxylic acids is 1. The van der Waals surface area contributed by atoms with Crippen LogP contribution in [0.25, 0.3) is 0 Å². The first-order chi connectivity index (χ1) is 13.5. The molecule has 1 N–H and O–H groups in total. The molecule has 1 aliphatic heterocycles. The molecular formula is C22H22FNO4. The molecular weight excluding hydrogens is 361 g/mol. The van der Waals surface area contributed by atoms with Gasteiger partial charge in [0.25, 0.3) is 5.91 Å². The zero-order valence-electron chi connectivity index (χ0n) is 15.4. The predicted molar refractivity (Wildman–Crippen MR) is 100 cm³/mol. The lowest BCUT2D eigenvalue weighted by molar-refractivity contribution is -0.139. The number of amides is 1. The maximum Gasteiger partial charge on any atom is 0.307 e. The van der Waals surface area contributed by atoms with Crippen molar-refractivity contribution in [1.82, 2.24) is 4.90 Å². The van der Waals surface area contributed by atoms with E-state index in [-0.39, 0.29) is 29.7 Å². The van der Waals surface area contributed by atoms with Crippen LogP contribution in [0.1, 0.15) is 35.2 Å². The van der Waals surface area contributed by atoms with Gasteiger partial charge in [-0.3, -0.25) is 9.59 Å². The highest BCUT2D eigenvalue weighted by atomic mass is 19.1. The molecule has 2 fully saturated rings. The van der Waals surface area contributed by atoms with Gasteiger partial charge in [-0.2, -0.15) is 0 Å². The molecule has 1 saturated heterocycles. The average molecular weight is 383 g/mol. The van der Waals surface area contributed by atoms with Crippen molar-refractivity contribution in [3.63, 3.8) is 0 Å². The number of halogens is 1. The molecule has 0 bridgehead atoms. The van der Waals surface area contributed by atoms with Gasteiger partial charge in [0.2, 0.25) is 0 Å². The summed E-state index contributed by atoms with van der Waals surface area (Å²) in [5.41, 5.74) is 1.20. The van der Waals surface area contributed by atoms with Crippen LogP contribution in [-0.2, 0) is 11.4 Å². The minimum atomic E-state index is -0.723. The molecule has 5 nitrogen and oxygen atoms in total. The topological polar surface area (TPSA) is 66.8 Å². The number of nitrogens with zero attached hydrogens (tertiary/aromatic N) is 1. The molecule has 2 aromatic carbocycles. The van der Waals surface area contributed by atoms with Gasteiger partial charge in [-0.1, -0.05) is 24.3 Å². The fraction of sp³-hybridized carbons (Fsp3) is 0.364. The van der Waals surface area contributed by atoms with Crippen molar-refractivity contribution in [3.05, 3.63) is 65.5 Å². The molecule has 6 heteroatoms. The summed E-state index contributed by atoms with van der Waals surface area (Å²) in [6, 6.07) is 13.2. The Morgan fingerprint density at radius 3 is 2.43 bits per heavy atom. The molecule has 0 aromatic heterocycles. The second kappa shape index (κ2) is 7.26. The highest BCUT2D eigenvalue weighted by molar-refractivity contribution is 5.97. The smallest absolute Gasteiger partial charge is 0.307 e. The number of carbonyl (C=O) groups is 2. The Balaban J connectivity index is 1.41. The summed E-state index contributed by atoms with van der Waals surface area (Å²) >= 11 is 0. The number of benzene rings is 2. The first-order valence-electron chi connectivity index (χ1n) is 9.47. The number of para-hydroxylation sites is 1. The number of hydrogen-bond donors (Lipinski definition) is 1. The lowest BCUT2D eigenvalue weighted by atomic mass is 9.90. The van der Waals surface area contributed by atoms with Crippen molar-refractivity contribution in [2.75, 3.05) is 13.1 Å². The van der Waals surface area contributed by atoms with Gasteiger partial charge in [-0.25, -0.2) is 4.39 Å². The molecule has 1 spiro atoms. The van der Waals surface area contributed by atoms with Crippen LogP contribution >= 0.6 is 0 Å². The van der Waals surface area contributed by atoms with Gasteiger partial charge in [0.1, 0.15) is 18.2 Å². The molecule has 2 aliphatic rings. The largest absolute Gasteiger partial charge is 0.488 e. The maximum absolute atomic E-state index is 13.0. The van der Waals surface area contributed by atoms with Crippen LogP contribution in [0, 0.1) is 17.2 Å². The van der Waals surface area contributed by atoms with Crippen molar-refractivity contribution in [2.45, 2.75) is 25.9 Å². The van der Waals surface area contributed by atoms with E-state index in [1.54, 1.807) is 35.2 Å². The van der Waals surface area contributed by atoms with Crippen LogP contribution in [0.4, 0.5) is 4.39 Å². The normalized spacial score (nSPS) is 20.0. The Morgan fingerprint density at radius 2 is 1.79 bits per heavy atom. The standard InChI is InChI=1S/C22H22FNO4/c23-16-7-5-15(6-8-16)14-28-19-4-2-1-3-17(19)20(25)24-11-9-22(10-12-24)13-18(22)21(26)27/h1-8,18H,9-14H2,(H,26,27). The summed E-state index contributed by atoms with van der Waals surface area (Å²) in [6.07, 6.45) is 2.18. The van der Waals surface area contributed by atoms with E-state index in [1.165, 1.54) is 12.1 Å². The molecule has 4 rings (SSSR count). The van der Waals surface area contributed by atoms with Crippen LogP contribution in [-0.4, -0.2) is 35.0 Å². The molecule has 1 aliphatic carbocycles.